The van der Waals surface area contributed by atoms with E-state index in [1.54, 1.807) is 0 Å². The van der Waals surface area contributed by atoms with E-state index in [0.29, 0.717) is 16.7 Å². The molecule has 1 aromatic rings. The van der Waals surface area contributed by atoms with Crippen molar-refractivity contribution >= 4 is 17.4 Å². The highest BCUT2D eigenvalue weighted by atomic mass is 32.2. The van der Waals surface area contributed by atoms with Crippen molar-refractivity contribution in [3.63, 3.8) is 0 Å². The van der Waals surface area contributed by atoms with Gasteiger partial charge >= 0.3 is 0 Å². The lowest BCUT2D eigenvalue weighted by atomic mass is 10.5. The third-order valence-electron chi connectivity index (χ3n) is 1.13. The Morgan fingerprint density at radius 3 is 2.91 bits per heavy atom. The van der Waals surface area contributed by atoms with Crippen LogP contribution in [0.5, 0.6) is 5.88 Å². The van der Waals surface area contributed by atoms with Crippen LogP contribution in [-0.4, -0.2) is 23.3 Å². The van der Waals surface area contributed by atoms with Crippen LogP contribution in [0.15, 0.2) is 11.4 Å². The summed E-state index contributed by atoms with van der Waals surface area (Å²) in [5.41, 5.74) is 5.96. The maximum absolute atomic E-state index is 5.50. The van der Waals surface area contributed by atoms with Crippen LogP contribution in [0.3, 0.4) is 0 Å². The largest absolute Gasteiger partial charge is 0.479 e. The molecule has 4 nitrogen and oxygen atoms in total. The van der Waals surface area contributed by atoms with Gasteiger partial charge in [-0.25, -0.2) is 4.98 Å². The molecule has 0 spiro atoms. The normalized spacial score (nSPS) is 9.64. The molecule has 11 heavy (non-hydrogen) atoms. The molecule has 0 radical (unpaired) electrons. The van der Waals surface area contributed by atoms with E-state index < -0.39 is 0 Å². The van der Waals surface area contributed by atoms with Gasteiger partial charge in [-0.2, -0.15) is 4.98 Å². The summed E-state index contributed by atoms with van der Waals surface area (Å²) in [6.45, 7) is 0. The summed E-state index contributed by atoms with van der Waals surface area (Å²) >= 11 is 1.45. The zero-order chi connectivity index (χ0) is 8.27. The number of nitrogen functional groups attached to an aromatic ring is 1. The van der Waals surface area contributed by atoms with Gasteiger partial charge in [0.05, 0.1) is 13.3 Å². The van der Waals surface area contributed by atoms with Gasteiger partial charge in [0.2, 0.25) is 5.88 Å². The quantitative estimate of drug-likeness (QED) is 0.526. The Kier molecular flexibility index (Phi) is 2.53. The molecular weight excluding hydrogens is 162 g/mol. The Morgan fingerprint density at radius 2 is 2.36 bits per heavy atom. The molecule has 0 atom stereocenters. The first-order valence-electron chi connectivity index (χ1n) is 2.98. The van der Waals surface area contributed by atoms with Crippen LogP contribution in [0, 0.1) is 0 Å². The second-order valence-electron chi connectivity index (χ2n) is 1.82. The molecule has 0 unspecified atom stereocenters. The summed E-state index contributed by atoms with van der Waals surface area (Å²) in [6, 6.07) is 0. The first-order chi connectivity index (χ1) is 5.27. The number of thioether (sulfide) groups is 1. The average molecular weight is 171 g/mol. The fraction of sp³-hybridized carbons (Fsp3) is 0.333. The molecule has 2 N–H and O–H groups in total. The summed E-state index contributed by atoms with van der Waals surface area (Å²) < 4.78 is 4.90. The molecule has 1 aromatic heterocycles. The summed E-state index contributed by atoms with van der Waals surface area (Å²) in [4.78, 5) is 7.97. The molecule has 1 heterocycles. The van der Waals surface area contributed by atoms with E-state index >= 15 is 0 Å². The van der Waals surface area contributed by atoms with Gasteiger partial charge in [0, 0.05) is 0 Å². The average Bonchev–Trinajstić information content (AvgIpc) is 2.05. The molecule has 0 saturated carbocycles. The van der Waals surface area contributed by atoms with Gasteiger partial charge in [0.25, 0.3) is 0 Å². The van der Waals surface area contributed by atoms with Crippen LogP contribution in [0.2, 0.25) is 0 Å². The van der Waals surface area contributed by atoms with E-state index in [2.05, 4.69) is 9.97 Å². The number of anilines is 1. The first-order valence-corrected chi connectivity index (χ1v) is 4.21. The summed E-state index contributed by atoms with van der Waals surface area (Å²) in [7, 11) is 1.53. The van der Waals surface area contributed by atoms with E-state index in [-0.39, 0.29) is 0 Å². The Morgan fingerprint density at radius 1 is 1.64 bits per heavy atom. The van der Waals surface area contributed by atoms with Crippen molar-refractivity contribution in [2.45, 2.75) is 5.16 Å². The van der Waals surface area contributed by atoms with Crippen LogP contribution < -0.4 is 10.5 Å². The molecule has 0 saturated heterocycles. The fourth-order valence-corrected chi connectivity index (χ4v) is 0.954. The molecule has 0 aliphatic carbocycles. The molecule has 0 bridgehead atoms. The number of ether oxygens (including phenoxy) is 1. The van der Waals surface area contributed by atoms with Crippen molar-refractivity contribution in [2.75, 3.05) is 19.1 Å². The number of rotatable bonds is 2. The van der Waals surface area contributed by atoms with Gasteiger partial charge in [-0.05, 0) is 6.26 Å². The van der Waals surface area contributed by atoms with E-state index in [9.17, 15) is 0 Å². The van der Waals surface area contributed by atoms with Crippen molar-refractivity contribution < 1.29 is 4.74 Å². The Labute approximate surface area is 69.2 Å². The number of hydrogen-bond acceptors (Lipinski definition) is 5. The zero-order valence-corrected chi connectivity index (χ0v) is 7.18. The molecule has 0 aliphatic heterocycles. The standard InChI is InChI=1S/C6H9N3OS/c1-10-5-4(7)3-8-6(9-5)11-2/h3H,7H2,1-2H3. The van der Waals surface area contributed by atoms with E-state index in [4.69, 9.17) is 10.5 Å². The topological polar surface area (TPSA) is 61.0 Å². The molecule has 0 aliphatic rings. The van der Waals surface area contributed by atoms with Crippen LogP contribution >= 0.6 is 11.8 Å². The number of hydrogen-bond donors (Lipinski definition) is 1. The molecule has 0 fully saturated rings. The maximum atomic E-state index is 5.50. The molecule has 60 valence electrons. The van der Waals surface area contributed by atoms with Crippen LogP contribution in [0.1, 0.15) is 0 Å². The second kappa shape index (κ2) is 3.43. The highest BCUT2D eigenvalue weighted by Crippen LogP contribution is 2.19. The number of nitrogens with zero attached hydrogens (tertiary/aromatic N) is 2. The molecule has 0 aromatic carbocycles. The zero-order valence-electron chi connectivity index (χ0n) is 6.37. The van der Waals surface area contributed by atoms with Gasteiger partial charge in [-0.1, -0.05) is 11.8 Å². The van der Waals surface area contributed by atoms with Crippen molar-refractivity contribution in [3.05, 3.63) is 6.20 Å². The minimum absolute atomic E-state index is 0.435. The highest BCUT2D eigenvalue weighted by molar-refractivity contribution is 7.98. The lowest BCUT2D eigenvalue weighted by Crippen LogP contribution is -1.97. The predicted octanol–water partition coefficient (Wildman–Crippen LogP) is 0.789. The molecule has 5 heteroatoms. The molecular formula is C6H9N3OS. The van der Waals surface area contributed by atoms with E-state index in [1.165, 1.54) is 25.1 Å². The minimum Gasteiger partial charge on any atom is -0.479 e. The number of methoxy groups -OCH3 is 1. The predicted molar refractivity (Wildman–Crippen MR) is 44.8 cm³/mol. The van der Waals surface area contributed by atoms with E-state index in [1.807, 2.05) is 6.26 Å². The highest BCUT2D eigenvalue weighted by Gasteiger charge is 2.01. The van der Waals surface area contributed by atoms with Crippen molar-refractivity contribution in [3.8, 4) is 5.88 Å². The Hall–Kier alpha value is -0.970. The van der Waals surface area contributed by atoms with Gasteiger partial charge in [0.15, 0.2) is 5.16 Å². The lowest BCUT2D eigenvalue weighted by molar-refractivity contribution is 0.395. The summed E-state index contributed by atoms with van der Waals surface area (Å²) in [5.74, 6) is 0.435. The number of nitrogens with two attached hydrogens (primary N) is 1. The maximum Gasteiger partial charge on any atom is 0.241 e. The van der Waals surface area contributed by atoms with Crippen molar-refractivity contribution in [1.82, 2.24) is 9.97 Å². The smallest absolute Gasteiger partial charge is 0.241 e. The van der Waals surface area contributed by atoms with Crippen molar-refractivity contribution in [1.29, 1.82) is 0 Å². The SMILES string of the molecule is COc1nc(SC)ncc1N. The number of aromatic nitrogens is 2. The Balaban J connectivity index is 3.02. The van der Waals surface area contributed by atoms with E-state index in [0.717, 1.165) is 0 Å². The van der Waals surface area contributed by atoms with Crippen LogP contribution in [-0.2, 0) is 0 Å². The summed E-state index contributed by atoms with van der Waals surface area (Å²) in [5, 5.41) is 0.663. The molecule has 0 amide bonds. The van der Waals surface area contributed by atoms with Gasteiger partial charge in [-0.15, -0.1) is 0 Å². The fourth-order valence-electron chi connectivity index (χ4n) is 0.622. The van der Waals surface area contributed by atoms with Gasteiger partial charge < -0.3 is 10.5 Å². The van der Waals surface area contributed by atoms with Crippen LogP contribution in [0.25, 0.3) is 0 Å². The van der Waals surface area contributed by atoms with Crippen molar-refractivity contribution in [2.24, 2.45) is 0 Å². The first kappa shape index (κ1) is 8.13. The Bertz CT molecular complexity index is 254. The monoisotopic (exact) mass is 171 g/mol. The molecule has 1 rings (SSSR count). The third-order valence-corrected chi connectivity index (χ3v) is 1.70. The lowest BCUT2D eigenvalue weighted by Gasteiger charge is -2.02. The summed E-state index contributed by atoms with van der Waals surface area (Å²) in [6.07, 6.45) is 3.43. The second-order valence-corrected chi connectivity index (χ2v) is 2.59. The van der Waals surface area contributed by atoms with Crippen LogP contribution in [0.4, 0.5) is 5.69 Å². The van der Waals surface area contributed by atoms with Gasteiger partial charge in [-0.3, -0.25) is 0 Å². The minimum atomic E-state index is 0.435. The third kappa shape index (κ3) is 1.74. The van der Waals surface area contributed by atoms with Gasteiger partial charge in [0.1, 0.15) is 5.69 Å².